The summed E-state index contributed by atoms with van der Waals surface area (Å²) in [6.07, 6.45) is 11.2. The van der Waals surface area contributed by atoms with Crippen molar-refractivity contribution in [2.45, 2.75) is 70.4 Å². The van der Waals surface area contributed by atoms with Crippen LogP contribution in [0.5, 0.6) is 0 Å². The lowest BCUT2D eigenvalue weighted by atomic mass is 9.93. The molecule has 0 bridgehead atoms. The highest BCUT2D eigenvalue weighted by Gasteiger charge is 2.34. The Hall–Kier alpha value is -0.120. The van der Waals surface area contributed by atoms with Gasteiger partial charge in [0, 0.05) is 12.1 Å². The fraction of sp³-hybridized carbons (Fsp3) is 1.00. The molecule has 21 heavy (non-hydrogen) atoms. The SMILES string of the molecule is CC1CCN(CCCNC2CCCC2C2CCCN2)CC1. The minimum atomic E-state index is 0.793. The molecule has 1 saturated carbocycles. The Labute approximate surface area is 131 Å². The van der Waals surface area contributed by atoms with Crippen molar-refractivity contribution in [1.29, 1.82) is 0 Å². The molecule has 0 spiro atoms. The molecule has 3 heteroatoms. The molecule has 0 amide bonds. The summed E-state index contributed by atoms with van der Waals surface area (Å²) in [7, 11) is 0. The van der Waals surface area contributed by atoms with Crippen molar-refractivity contribution < 1.29 is 0 Å². The average Bonchev–Trinajstić information content (AvgIpc) is 3.16. The van der Waals surface area contributed by atoms with Crippen LogP contribution in [0, 0.1) is 11.8 Å². The predicted molar refractivity (Wildman–Crippen MR) is 89.6 cm³/mol. The summed E-state index contributed by atoms with van der Waals surface area (Å²) in [6.45, 7) is 8.84. The summed E-state index contributed by atoms with van der Waals surface area (Å²) in [5.41, 5.74) is 0. The van der Waals surface area contributed by atoms with E-state index >= 15 is 0 Å². The molecule has 0 aromatic heterocycles. The molecule has 0 aromatic carbocycles. The van der Waals surface area contributed by atoms with Gasteiger partial charge in [-0.15, -0.1) is 0 Å². The van der Waals surface area contributed by atoms with Crippen molar-refractivity contribution in [3.8, 4) is 0 Å². The number of likely N-dealkylation sites (tertiary alicyclic amines) is 1. The first kappa shape index (κ1) is 15.8. The van der Waals surface area contributed by atoms with E-state index < -0.39 is 0 Å². The second kappa shape index (κ2) is 7.94. The van der Waals surface area contributed by atoms with E-state index in [1.54, 1.807) is 0 Å². The smallest absolute Gasteiger partial charge is 0.0111 e. The number of nitrogens with zero attached hydrogens (tertiary/aromatic N) is 1. The van der Waals surface area contributed by atoms with Gasteiger partial charge in [0.2, 0.25) is 0 Å². The Morgan fingerprint density at radius 3 is 2.67 bits per heavy atom. The van der Waals surface area contributed by atoms with Crippen molar-refractivity contribution in [2.24, 2.45) is 11.8 Å². The fourth-order valence-corrected chi connectivity index (χ4v) is 4.68. The van der Waals surface area contributed by atoms with Crippen LogP contribution in [0.25, 0.3) is 0 Å². The highest BCUT2D eigenvalue weighted by atomic mass is 15.1. The molecule has 2 aliphatic heterocycles. The van der Waals surface area contributed by atoms with E-state index in [1.165, 1.54) is 84.1 Å². The zero-order valence-corrected chi connectivity index (χ0v) is 13.9. The van der Waals surface area contributed by atoms with Crippen molar-refractivity contribution in [1.82, 2.24) is 15.5 Å². The lowest BCUT2D eigenvalue weighted by Crippen LogP contribution is -2.43. The van der Waals surface area contributed by atoms with Crippen LogP contribution in [-0.4, -0.2) is 49.7 Å². The second-order valence-electron chi connectivity index (χ2n) is 7.74. The predicted octanol–water partition coefficient (Wildman–Crippen LogP) is 2.62. The largest absolute Gasteiger partial charge is 0.314 e. The number of nitrogens with one attached hydrogen (secondary N) is 2. The summed E-state index contributed by atoms with van der Waals surface area (Å²) in [6, 6.07) is 1.61. The topological polar surface area (TPSA) is 27.3 Å². The van der Waals surface area contributed by atoms with Crippen LogP contribution in [0.15, 0.2) is 0 Å². The van der Waals surface area contributed by atoms with Crippen LogP contribution in [0.2, 0.25) is 0 Å². The normalized spacial score (nSPS) is 35.6. The van der Waals surface area contributed by atoms with E-state index in [0.717, 1.165) is 23.9 Å². The first-order chi connectivity index (χ1) is 10.3. The molecule has 2 N–H and O–H groups in total. The summed E-state index contributed by atoms with van der Waals surface area (Å²) in [4.78, 5) is 2.67. The van der Waals surface area contributed by atoms with Gasteiger partial charge in [-0.05, 0) is 89.5 Å². The zero-order chi connectivity index (χ0) is 14.5. The van der Waals surface area contributed by atoms with Gasteiger partial charge in [-0.2, -0.15) is 0 Å². The van der Waals surface area contributed by atoms with Gasteiger partial charge in [-0.25, -0.2) is 0 Å². The molecule has 3 atom stereocenters. The molecule has 3 aliphatic rings. The van der Waals surface area contributed by atoms with Gasteiger partial charge in [0.15, 0.2) is 0 Å². The molecular weight excluding hydrogens is 258 g/mol. The summed E-state index contributed by atoms with van der Waals surface area (Å²) in [5, 5.41) is 7.62. The maximum Gasteiger partial charge on any atom is 0.0111 e. The Morgan fingerprint density at radius 2 is 1.90 bits per heavy atom. The Balaban J connectivity index is 1.31. The number of rotatable bonds is 6. The van der Waals surface area contributed by atoms with Gasteiger partial charge in [0.25, 0.3) is 0 Å². The van der Waals surface area contributed by atoms with Crippen LogP contribution in [-0.2, 0) is 0 Å². The number of piperidine rings is 1. The van der Waals surface area contributed by atoms with Gasteiger partial charge in [-0.3, -0.25) is 0 Å². The standard InChI is InChI=1S/C18H35N3/c1-15-8-13-21(14-9-15)12-4-11-20-17-6-2-5-16(17)18-7-3-10-19-18/h15-20H,2-14H2,1H3. The molecule has 1 aliphatic carbocycles. The van der Waals surface area contributed by atoms with E-state index in [-0.39, 0.29) is 0 Å². The molecular formula is C18H35N3. The first-order valence-corrected chi connectivity index (χ1v) is 9.52. The monoisotopic (exact) mass is 293 g/mol. The van der Waals surface area contributed by atoms with Crippen LogP contribution >= 0.6 is 0 Å². The molecule has 122 valence electrons. The minimum Gasteiger partial charge on any atom is -0.314 e. The molecule has 3 fully saturated rings. The fourth-order valence-electron chi connectivity index (χ4n) is 4.68. The third-order valence-corrected chi connectivity index (χ3v) is 6.12. The summed E-state index contributed by atoms with van der Waals surface area (Å²) >= 11 is 0. The van der Waals surface area contributed by atoms with E-state index in [9.17, 15) is 0 Å². The highest BCUT2D eigenvalue weighted by molar-refractivity contribution is 4.93. The second-order valence-corrected chi connectivity index (χ2v) is 7.74. The van der Waals surface area contributed by atoms with E-state index in [4.69, 9.17) is 0 Å². The molecule has 3 nitrogen and oxygen atoms in total. The Kier molecular flexibility index (Phi) is 5.96. The maximum atomic E-state index is 3.89. The molecule has 3 rings (SSSR count). The quantitative estimate of drug-likeness (QED) is 0.737. The van der Waals surface area contributed by atoms with Crippen LogP contribution in [0.3, 0.4) is 0 Å². The van der Waals surface area contributed by atoms with Gasteiger partial charge < -0.3 is 15.5 Å². The van der Waals surface area contributed by atoms with Gasteiger partial charge >= 0.3 is 0 Å². The van der Waals surface area contributed by atoms with E-state index in [2.05, 4.69) is 22.5 Å². The van der Waals surface area contributed by atoms with Crippen molar-refractivity contribution >= 4 is 0 Å². The average molecular weight is 293 g/mol. The van der Waals surface area contributed by atoms with Crippen LogP contribution < -0.4 is 10.6 Å². The van der Waals surface area contributed by atoms with Gasteiger partial charge in [0.05, 0.1) is 0 Å². The first-order valence-electron chi connectivity index (χ1n) is 9.52. The molecule has 2 saturated heterocycles. The van der Waals surface area contributed by atoms with Crippen molar-refractivity contribution in [3.63, 3.8) is 0 Å². The van der Waals surface area contributed by atoms with E-state index in [1.807, 2.05) is 0 Å². The van der Waals surface area contributed by atoms with Crippen molar-refractivity contribution in [3.05, 3.63) is 0 Å². The zero-order valence-electron chi connectivity index (χ0n) is 13.9. The third kappa shape index (κ3) is 4.43. The number of hydrogen-bond acceptors (Lipinski definition) is 3. The number of hydrogen-bond donors (Lipinski definition) is 2. The minimum absolute atomic E-state index is 0.793. The third-order valence-electron chi connectivity index (χ3n) is 6.12. The van der Waals surface area contributed by atoms with E-state index in [0.29, 0.717) is 0 Å². The Bertz CT molecular complexity index is 293. The van der Waals surface area contributed by atoms with Crippen molar-refractivity contribution in [2.75, 3.05) is 32.7 Å². The lowest BCUT2D eigenvalue weighted by molar-refractivity contribution is 0.189. The van der Waals surface area contributed by atoms with Crippen LogP contribution in [0.1, 0.15) is 58.3 Å². The van der Waals surface area contributed by atoms with Gasteiger partial charge in [0.1, 0.15) is 0 Å². The highest BCUT2D eigenvalue weighted by Crippen LogP contribution is 2.31. The Morgan fingerprint density at radius 1 is 1.05 bits per heavy atom. The van der Waals surface area contributed by atoms with Crippen LogP contribution in [0.4, 0.5) is 0 Å². The maximum absolute atomic E-state index is 3.89. The molecule has 3 unspecified atom stereocenters. The van der Waals surface area contributed by atoms with Gasteiger partial charge in [-0.1, -0.05) is 13.3 Å². The molecule has 2 heterocycles. The molecule has 0 aromatic rings. The summed E-state index contributed by atoms with van der Waals surface area (Å²) in [5.74, 6) is 1.86. The molecule has 0 radical (unpaired) electrons. The summed E-state index contributed by atoms with van der Waals surface area (Å²) < 4.78 is 0. The lowest BCUT2D eigenvalue weighted by Gasteiger charge is -2.31.